The Morgan fingerprint density at radius 3 is 1.43 bits per heavy atom. The molecule has 0 radical (unpaired) electrons. The number of Topliss-reactive ketones (excluding diaryl/α,β-unsaturated/α-hetero) is 1. The lowest BCUT2D eigenvalue weighted by molar-refractivity contribution is -0.130. The highest BCUT2D eigenvalue weighted by atomic mass is 35.5. The summed E-state index contributed by atoms with van der Waals surface area (Å²) >= 11 is 0. The lowest BCUT2D eigenvalue weighted by Crippen LogP contribution is -2.44. The van der Waals surface area contributed by atoms with E-state index in [0.717, 1.165) is 25.9 Å². The van der Waals surface area contributed by atoms with Crippen LogP contribution in [0.3, 0.4) is 0 Å². The zero-order valence-electron chi connectivity index (χ0n) is 14.4. The van der Waals surface area contributed by atoms with Crippen molar-refractivity contribution in [3.05, 3.63) is 0 Å². The van der Waals surface area contributed by atoms with Gasteiger partial charge in [0, 0.05) is 24.9 Å². The first kappa shape index (κ1) is 21.2. The van der Waals surface area contributed by atoms with Crippen LogP contribution in [0, 0.1) is 11.8 Å². The molecule has 0 aromatic heterocycles. The third kappa shape index (κ3) is 6.19. The number of piperidine rings is 2. The lowest BCUT2D eigenvalue weighted by Gasteiger charge is -2.36. The minimum Gasteiger partial charge on any atom is -0.303 e. The molecule has 5 heteroatoms. The molecule has 3 nitrogen and oxygen atoms in total. The van der Waals surface area contributed by atoms with Gasteiger partial charge in [0.15, 0.2) is 0 Å². The van der Waals surface area contributed by atoms with Crippen LogP contribution in [-0.4, -0.2) is 54.9 Å². The molecule has 0 spiro atoms. The topological polar surface area (TPSA) is 23.6 Å². The van der Waals surface area contributed by atoms with Gasteiger partial charge >= 0.3 is 0 Å². The van der Waals surface area contributed by atoms with Crippen molar-refractivity contribution in [1.82, 2.24) is 9.80 Å². The summed E-state index contributed by atoms with van der Waals surface area (Å²) < 4.78 is 0. The minimum absolute atomic E-state index is 0. The average Bonchev–Trinajstić information content (AvgIpc) is 2.53. The number of ketones is 1. The number of likely N-dealkylation sites (tertiary alicyclic amines) is 2. The summed E-state index contributed by atoms with van der Waals surface area (Å²) in [5, 5.41) is 0. The second-order valence-corrected chi connectivity index (χ2v) is 7.45. The van der Waals surface area contributed by atoms with Gasteiger partial charge in [-0.15, -0.1) is 24.8 Å². The normalized spacial score (nSPS) is 30.3. The molecule has 0 bridgehead atoms. The molecule has 2 aliphatic heterocycles. The van der Waals surface area contributed by atoms with Gasteiger partial charge in [-0.05, 0) is 64.7 Å². The first-order valence-electron chi connectivity index (χ1n) is 9.31. The molecule has 23 heavy (non-hydrogen) atoms. The van der Waals surface area contributed by atoms with Crippen LogP contribution in [0.5, 0.6) is 0 Å². The van der Waals surface area contributed by atoms with Crippen molar-refractivity contribution in [2.24, 2.45) is 11.8 Å². The first-order chi connectivity index (χ1) is 10.3. The lowest BCUT2D eigenvalue weighted by atomic mass is 9.79. The molecule has 0 amide bonds. The number of halogens is 2. The van der Waals surface area contributed by atoms with Crippen molar-refractivity contribution in [2.45, 2.75) is 57.8 Å². The summed E-state index contributed by atoms with van der Waals surface area (Å²) in [6.45, 7) is 6.99. The Morgan fingerprint density at radius 2 is 1.04 bits per heavy atom. The van der Waals surface area contributed by atoms with Crippen LogP contribution in [0.1, 0.15) is 57.8 Å². The number of carbonyl (C=O) groups excluding carboxylic acids is 1. The highest BCUT2D eigenvalue weighted by Crippen LogP contribution is 2.28. The number of hydrogen-bond donors (Lipinski definition) is 0. The Bertz CT molecular complexity index is 312. The summed E-state index contributed by atoms with van der Waals surface area (Å²) in [7, 11) is 0. The third-order valence-corrected chi connectivity index (χ3v) is 5.76. The van der Waals surface area contributed by atoms with Gasteiger partial charge in [-0.3, -0.25) is 4.79 Å². The Balaban J connectivity index is 0.00000132. The van der Waals surface area contributed by atoms with E-state index in [2.05, 4.69) is 9.80 Å². The molecular formula is C18H34Cl2N2O. The molecule has 136 valence electrons. The van der Waals surface area contributed by atoms with Gasteiger partial charge in [0.2, 0.25) is 0 Å². The molecule has 0 aromatic rings. The maximum absolute atomic E-state index is 12.8. The molecular weight excluding hydrogens is 331 g/mol. The number of hydrogen-bond acceptors (Lipinski definition) is 3. The van der Waals surface area contributed by atoms with E-state index in [0.29, 0.717) is 17.6 Å². The van der Waals surface area contributed by atoms with Crippen molar-refractivity contribution in [2.75, 3.05) is 39.3 Å². The fraction of sp³-hybridized carbons (Fsp3) is 0.944. The van der Waals surface area contributed by atoms with E-state index in [1.54, 1.807) is 0 Å². The molecule has 1 aliphatic carbocycles. The van der Waals surface area contributed by atoms with E-state index in [1.807, 2.05) is 0 Å². The standard InChI is InChI=1S/C18H32N2O.2ClH/c21-18-16(14-19-10-3-1-4-11-19)8-7-9-17(18)15-20-12-5-2-6-13-20;;/h16-17H,1-15H2;2*1H. The molecule has 3 rings (SSSR count). The predicted octanol–water partition coefficient (Wildman–Crippen LogP) is 3.79. The molecule has 2 saturated heterocycles. The first-order valence-corrected chi connectivity index (χ1v) is 9.31. The van der Waals surface area contributed by atoms with Gasteiger partial charge < -0.3 is 9.80 Å². The van der Waals surface area contributed by atoms with Gasteiger partial charge in [0.1, 0.15) is 5.78 Å². The number of carbonyl (C=O) groups is 1. The smallest absolute Gasteiger partial charge is 0.141 e. The van der Waals surface area contributed by atoms with Crippen LogP contribution < -0.4 is 0 Å². The molecule has 0 aromatic carbocycles. The van der Waals surface area contributed by atoms with E-state index in [4.69, 9.17) is 0 Å². The largest absolute Gasteiger partial charge is 0.303 e. The van der Waals surface area contributed by atoms with E-state index >= 15 is 0 Å². The third-order valence-electron chi connectivity index (χ3n) is 5.76. The van der Waals surface area contributed by atoms with Crippen molar-refractivity contribution in [3.63, 3.8) is 0 Å². The second-order valence-electron chi connectivity index (χ2n) is 7.45. The molecule has 1 saturated carbocycles. The van der Waals surface area contributed by atoms with E-state index in [-0.39, 0.29) is 24.8 Å². The molecule has 2 unspecified atom stereocenters. The Labute approximate surface area is 154 Å². The highest BCUT2D eigenvalue weighted by Gasteiger charge is 2.33. The maximum Gasteiger partial charge on any atom is 0.141 e. The summed E-state index contributed by atoms with van der Waals surface area (Å²) in [6, 6.07) is 0. The fourth-order valence-corrected chi connectivity index (χ4v) is 4.50. The second kappa shape index (κ2) is 10.9. The quantitative estimate of drug-likeness (QED) is 0.757. The van der Waals surface area contributed by atoms with Crippen LogP contribution in [0.25, 0.3) is 0 Å². The van der Waals surface area contributed by atoms with Crippen molar-refractivity contribution >= 4 is 30.6 Å². The molecule has 2 heterocycles. The van der Waals surface area contributed by atoms with Crippen molar-refractivity contribution < 1.29 is 4.79 Å². The number of nitrogens with zero attached hydrogens (tertiary/aromatic N) is 2. The van der Waals surface area contributed by atoms with Gasteiger partial charge in [-0.25, -0.2) is 0 Å². The summed E-state index contributed by atoms with van der Waals surface area (Å²) in [5.74, 6) is 1.27. The highest BCUT2D eigenvalue weighted by molar-refractivity contribution is 5.85. The zero-order chi connectivity index (χ0) is 14.5. The summed E-state index contributed by atoms with van der Waals surface area (Å²) in [5.41, 5.74) is 0. The average molecular weight is 365 g/mol. The van der Waals surface area contributed by atoms with Crippen LogP contribution in [0.4, 0.5) is 0 Å². The maximum atomic E-state index is 12.8. The Hall–Kier alpha value is 0.170. The van der Waals surface area contributed by atoms with Gasteiger partial charge in [0.25, 0.3) is 0 Å². The Kier molecular flexibility index (Phi) is 10.1. The fourth-order valence-electron chi connectivity index (χ4n) is 4.50. The molecule has 0 N–H and O–H groups in total. The molecule has 2 atom stereocenters. The minimum atomic E-state index is 0. The van der Waals surface area contributed by atoms with Crippen molar-refractivity contribution in [3.8, 4) is 0 Å². The van der Waals surface area contributed by atoms with Gasteiger partial charge in [-0.1, -0.05) is 19.3 Å². The van der Waals surface area contributed by atoms with Crippen LogP contribution in [-0.2, 0) is 4.79 Å². The zero-order valence-corrected chi connectivity index (χ0v) is 16.0. The summed E-state index contributed by atoms with van der Waals surface area (Å²) in [4.78, 5) is 17.9. The predicted molar refractivity (Wildman–Crippen MR) is 101 cm³/mol. The van der Waals surface area contributed by atoms with Crippen LogP contribution in [0.2, 0.25) is 0 Å². The SMILES string of the molecule is Cl.Cl.O=C1C(CN2CCCCC2)CCCC1CN1CCCCC1. The summed E-state index contributed by atoms with van der Waals surface area (Å²) in [6.07, 6.45) is 11.6. The van der Waals surface area contributed by atoms with E-state index < -0.39 is 0 Å². The van der Waals surface area contributed by atoms with Gasteiger partial charge in [-0.2, -0.15) is 0 Å². The van der Waals surface area contributed by atoms with E-state index in [9.17, 15) is 4.79 Å². The molecule has 3 aliphatic rings. The van der Waals surface area contributed by atoms with Crippen molar-refractivity contribution in [1.29, 1.82) is 0 Å². The van der Waals surface area contributed by atoms with Gasteiger partial charge in [0.05, 0.1) is 0 Å². The van der Waals surface area contributed by atoms with Crippen LogP contribution in [0.15, 0.2) is 0 Å². The molecule has 3 fully saturated rings. The Morgan fingerprint density at radius 1 is 0.652 bits per heavy atom. The number of rotatable bonds is 4. The van der Waals surface area contributed by atoms with E-state index in [1.165, 1.54) is 71.1 Å². The monoisotopic (exact) mass is 364 g/mol. The van der Waals surface area contributed by atoms with Crippen LogP contribution >= 0.6 is 24.8 Å².